The minimum absolute atomic E-state index is 0.493. The third-order valence-corrected chi connectivity index (χ3v) is 5.66. The number of nitrogens with two attached hydrogens (primary N) is 1. The van der Waals surface area contributed by atoms with Crippen LogP contribution >= 0.6 is 0 Å². The van der Waals surface area contributed by atoms with E-state index in [0.29, 0.717) is 5.92 Å². The van der Waals surface area contributed by atoms with Crippen LogP contribution in [0.5, 0.6) is 0 Å². The first kappa shape index (κ1) is 24.2. The average molecular weight is 404 g/mol. The largest absolute Gasteiger partial charge is 0.330 e. The maximum Gasteiger partial charge on any atom is -0.00468 e. The van der Waals surface area contributed by atoms with Crippen molar-refractivity contribution in [1.29, 1.82) is 0 Å². The molecule has 0 fully saturated rings. The molecule has 0 saturated carbocycles. The van der Waals surface area contributed by atoms with Gasteiger partial charge in [-0.25, -0.2) is 0 Å². The van der Waals surface area contributed by atoms with Gasteiger partial charge < -0.3 is 5.73 Å². The molecule has 0 heterocycles. The van der Waals surface area contributed by atoms with Gasteiger partial charge in [-0.15, -0.1) is 0 Å². The van der Waals surface area contributed by atoms with Crippen molar-refractivity contribution < 1.29 is 0 Å². The molecule has 30 heavy (non-hydrogen) atoms. The molecule has 2 rings (SSSR count). The van der Waals surface area contributed by atoms with Gasteiger partial charge in [-0.05, 0) is 36.4 Å². The summed E-state index contributed by atoms with van der Waals surface area (Å²) in [5.74, 6) is 0.493. The second kappa shape index (κ2) is 16.7. The van der Waals surface area contributed by atoms with Gasteiger partial charge in [-0.1, -0.05) is 143 Å². The summed E-state index contributed by atoms with van der Waals surface area (Å²) in [7, 11) is 0. The van der Waals surface area contributed by atoms with Crippen LogP contribution in [-0.4, -0.2) is 6.54 Å². The highest BCUT2D eigenvalue weighted by molar-refractivity contribution is 5.52. The third kappa shape index (κ3) is 11.8. The van der Waals surface area contributed by atoms with Crippen LogP contribution in [0.15, 0.2) is 72.8 Å². The van der Waals surface area contributed by atoms with E-state index in [0.717, 1.165) is 6.54 Å². The number of hydrogen-bond acceptors (Lipinski definition) is 1. The molecule has 1 nitrogen and oxygen atoms in total. The third-order valence-electron chi connectivity index (χ3n) is 5.66. The van der Waals surface area contributed by atoms with Crippen LogP contribution in [0.2, 0.25) is 0 Å². The fourth-order valence-corrected chi connectivity index (χ4v) is 3.79. The Bertz CT molecular complexity index is 637. The second-order valence-corrected chi connectivity index (χ2v) is 8.32. The van der Waals surface area contributed by atoms with Gasteiger partial charge in [0, 0.05) is 0 Å². The van der Waals surface area contributed by atoms with Gasteiger partial charge in [-0.3, -0.25) is 0 Å². The number of allylic oxidation sites excluding steroid dienone is 2. The fraction of sp³-hybridized carbons (Fsp3) is 0.448. The van der Waals surface area contributed by atoms with Gasteiger partial charge in [-0.2, -0.15) is 0 Å². The van der Waals surface area contributed by atoms with Crippen molar-refractivity contribution in [1.82, 2.24) is 0 Å². The molecule has 0 aliphatic carbocycles. The van der Waals surface area contributed by atoms with E-state index in [-0.39, 0.29) is 0 Å². The van der Waals surface area contributed by atoms with Crippen LogP contribution < -0.4 is 5.73 Å². The van der Waals surface area contributed by atoms with Crippen LogP contribution in [0.1, 0.15) is 81.8 Å². The Balaban J connectivity index is 1.69. The molecular formula is C29H41N. The lowest BCUT2D eigenvalue weighted by atomic mass is 9.97. The van der Waals surface area contributed by atoms with Crippen LogP contribution in [0.25, 0.3) is 12.2 Å². The quantitative estimate of drug-likeness (QED) is 0.280. The molecular weight excluding hydrogens is 362 g/mol. The molecule has 2 aromatic rings. The summed E-state index contributed by atoms with van der Waals surface area (Å²) in [6.07, 6.45) is 24.0. The predicted octanol–water partition coefficient (Wildman–Crippen LogP) is 8.28. The fourth-order valence-electron chi connectivity index (χ4n) is 3.79. The molecule has 0 bridgehead atoms. The minimum Gasteiger partial charge on any atom is -0.330 e. The Labute approximate surface area is 185 Å². The van der Waals surface area contributed by atoms with Crippen molar-refractivity contribution in [3.05, 3.63) is 83.9 Å². The molecule has 0 saturated heterocycles. The van der Waals surface area contributed by atoms with E-state index in [4.69, 9.17) is 5.73 Å². The number of hydrogen-bond donors (Lipinski definition) is 1. The van der Waals surface area contributed by atoms with Crippen molar-refractivity contribution in [3.8, 4) is 0 Å². The molecule has 0 aromatic heterocycles. The molecule has 0 atom stereocenters. The van der Waals surface area contributed by atoms with E-state index in [1.807, 2.05) is 0 Å². The Morgan fingerprint density at radius 2 is 0.933 bits per heavy atom. The zero-order valence-corrected chi connectivity index (χ0v) is 18.7. The van der Waals surface area contributed by atoms with Crippen molar-refractivity contribution >= 4 is 12.2 Å². The van der Waals surface area contributed by atoms with Crippen molar-refractivity contribution in [2.24, 2.45) is 11.7 Å². The topological polar surface area (TPSA) is 26.0 Å². The first-order valence-electron chi connectivity index (χ1n) is 12.0. The summed E-state index contributed by atoms with van der Waals surface area (Å²) in [6.45, 7) is 0.849. The number of unbranched alkanes of at least 4 members (excludes halogenated alkanes) is 9. The van der Waals surface area contributed by atoms with Gasteiger partial charge >= 0.3 is 0 Å². The van der Waals surface area contributed by atoms with Crippen LogP contribution in [0, 0.1) is 5.92 Å². The van der Waals surface area contributed by atoms with Gasteiger partial charge in [0.1, 0.15) is 0 Å². The monoisotopic (exact) mass is 403 g/mol. The molecule has 0 aliphatic heterocycles. The van der Waals surface area contributed by atoms with Gasteiger partial charge in [0.2, 0.25) is 0 Å². The summed E-state index contributed by atoms with van der Waals surface area (Å²) >= 11 is 0. The Morgan fingerprint density at radius 3 is 1.37 bits per heavy atom. The molecule has 162 valence electrons. The highest BCUT2D eigenvalue weighted by Crippen LogP contribution is 2.18. The first-order chi connectivity index (χ1) is 14.9. The maximum absolute atomic E-state index is 5.55. The maximum atomic E-state index is 5.55. The molecule has 0 spiro atoms. The highest BCUT2D eigenvalue weighted by Gasteiger charge is 2.01. The van der Waals surface area contributed by atoms with Crippen molar-refractivity contribution in [2.75, 3.05) is 6.54 Å². The predicted molar refractivity (Wildman–Crippen MR) is 134 cm³/mol. The van der Waals surface area contributed by atoms with E-state index in [1.165, 1.54) is 81.8 Å². The lowest BCUT2D eigenvalue weighted by Crippen LogP contribution is -1.97. The lowest BCUT2D eigenvalue weighted by Gasteiger charge is -2.09. The summed E-state index contributed by atoms with van der Waals surface area (Å²) in [5, 5.41) is 0. The van der Waals surface area contributed by atoms with Crippen molar-refractivity contribution in [2.45, 2.75) is 70.6 Å². The molecule has 0 radical (unpaired) electrons. The zero-order valence-electron chi connectivity index (χ0n) is 18.7. The van der Waals surface area contributed by atoms with E-state index in [9.17, 15) is 0 Å². The van der Waals surface area contributed by atoms with Gasteiger partial charge in [0.05, 0.1) is 0 Å². The van der Waals surface area contributed by atoms with E-state index in [1.54, 1.807) is 0 Å². The zero-order chi connectivity index (χ0) is 21.1. The normalized spacial score (nSPS) is 12.7. The standard InChI is InChI=1S/C29H41N/c30-26-16-8-6-4-2-1-3-5-7-11-21-29(24-22-27-17-12-9-13-18-27)25-23-28-19-14-10-15-20-28/h9-10,12-15,17-20,22-25,29H,1-8,11,16,21,26,30H2. The van der Waals surface area contributed by atoms with E-state index in [2.05, 4.69) is 85.0 Å². The van der Waals surface area contributed by atoms with E-state index >= 15 is 0 Å². The van der Waals surface area contributed by atoms with Crippen LogP contribution in [0.4, 0.5) is 0 Å². The Morgan fingerprint density at radius 1 is 0.533 bits per heavy atom. The van der Waals surface area contributed by atoms with Crippen molar-refractivity contribution in [3.63, 3.8) is 0 Å². The SMILES string of the molecule is NCCCCCCCCCCCCC(C=Cc1ccccc1)C=Cc1ccccc1. The molecule has 0 unspecified atom stereocenters. The highest BCUT2D eigenvalue weighted by atomic mass is 14.5. The van der Waals surface area contributed by atoms with Crippen LogP contribution in [-0.2, 0) is 0 Å². The molecule has 0 aliphatic rings. The minimum atomic E-state index is 0.493. The Hall–Kier alpha value is -2.12. The second-order valence-electron chi connectivity index (χ2n) is 8.32. The lowest BCUT2D eigenvalue weighted by molar-refractivity contribution is 0.536. The first-order valence-corrected chi connectivity index (χ1v) is 12.0. The van der Waals surface area contributed by atoms with Gasteiger partial charge in [0.15, 0.2) is 0 Å². The van der Waals surface area contributed by atoms with Gasteiger partial charge in [0.25, 0.3) is 0 Å². The Kier molecular flexibility index (Phi) is 13.4. The van der Waals surface area contributed by atoms with Crippen LogP contribution in [0.3, 0.4) is 0 Å². The molecule has 2 N–H and O–H groups in total. The molecule has 1 heteroatoms. The average Bonchev–Trinajstić information content (AvgIpc) is 2.80. The summed E-state index contributed by atoms with van der Waals surface area (Å²) in [5.41, 5.74) is 8.11. The smallest absolute Gasteiger partial charge is 0.00468 e. The van der Waals surface area contributed by atoms with E-state index < -0.39 is 0 Å². The number of rotatable bonds is 16. The summed E-state index contributed by atoms with van der Waals surface area (Å²) in [6, 6.07) is 21.2. The molecule has 2 aromatic carbocycles. The number of benzene rings is 2. The summed E-state index contributed by atoms with van der Waals surface area (Å²) < 4.78 is 0. The summed E-state index contributed by atoms with van der Waals surface area (Å²) in [4.78, 5) is 0. The molecule has 0 amide bonds.